The smallest absolute Gasteiger partial charge is 0.243 e. The Morgan fingerprint density at radius 2 is 1.70 bits per heavy atom. The number of fused-ring (bicyclic) bond motifs is 1. The predicted octanol–water partition coefficient (Wildman–Crippen LogP) is 3.79. The van der Waals surface area contributed by atoms with E-state index in [9.17, 15) is 13.2 Å². The molecule has 1 aliphatic rings. The summed E-state index contributed by atoms with van der Waals surface area (Å²) in [6, 6.07) is 14.8. The quantitative estimate of drug-likeness (QED) is 0.572. The molecule has 1 amide bonds. The third-order valence-electron chi connectivity index (χ3n) is 5.55. The van der Waals surface area contributed by atoms with E-state index in [1.165, 1.54) is 15.3 Å². The van der Waals surface area contributed by atoms with Gasteiger partial charge in [-0.3, -0.25) is 4.79 Å². The summed E-state index contributed by atoms with van der Waals surface area (Å²) in [5, 5.41) is 1.21. The topological polar surface area (TPSA) is 73.5 Å². The highest BCUT2D eigenvalue weighted by Crippen LogP contribution is 2.22. The number of hydrogen-bond donors (Lipinski definition) is 1. The molecule has 0 unspecified atom stereocenters. The molecule has 0 aliphatic carbocycles. The largest absolute Gasteiger partial charge is 0.361 e. The molecule has 8 heteroatoms. The number of para-hydroxylation sites is 1. The predicted molar refractivity (Wildman–Crippen MR) is 121 cm³/mol. The van der Waals surface area contributed by atoms with Crippen molar-refractivity contribution in [3.63, 3.8) is 0 Å². The van der Waals surface area contributed by atoms with Crippen LogP contribution in [0.15, 0.2) is 64.1 Å². The van der Waals surface area contributed by atoms with Gasteiger partial charge in [0.15, 0.2) is 0 Å². The second kappa shape index (κ2) is 8.91. The van der Waals surface area contributed by atoms with Gasteiger partial charge in [-0.15, -0.1) is 0 Å². The van der Waals surface area contributed by atoms with Crippen molar-refractivity contribution in [3.8, 4) is 0 Å². The molecule has 1 aromatic heterocycles. The molecule has 4 rings (SSSR count). The number of aryl methyl sites for hydroxylation is 1. The lowest BCUT2D eigenvalue weighted by Gasteiger charge is -2.34. The summed E-state index contributed by atoms with van der Waals surface area (Å²) in [5.41, 5.74) is 2.34. The number of amides is 1. The number of halogens is 1. The van der Waals surface area contributed by atoms with E-state index in [0.29, 0.717) is 32.6 Å². The minimum Gasteiger partial charge on any atom is -0.361 e. The molecule has 2 heterocycles. The summed E-state index contributed by atoms with van der Waals surface area (Å²) in [5.74, 6) is 0.0931. The normalized spacial score (nSPS) is 15.6. The minimum atomic E-state index is -3.52. The molecule has 1 aliphatic heterocycles. The van der Waals surface area contributed by atoms with Crippen molar-refractivity contribution in [2.75, 3.05) is 26.2 Å². The number of hydrogen-bond acceptors (Lipinski definition) is 3. The van der Waals surface area contributed by atoms with Crippen LogP contribution in [0.1, 0.15) is 18.4 Å². The van der Waals surface area contributed by atoms with Gasteiger partial charge in [-0.2, -0.15) is 4.31 Å². The summed E-state index contributed by atoms with van der Waals surface area (Å²) in [7, 11) is -3.52. The minimum absolute atomic E-state index is 0.0931. The lowest BCUT2D eigenvalue weighted by molar-refractivity contribution is -0.132. The second-order valence-corrected chi connectivity index (χ2v) is 10.3. The molecule has 1 saturated heterocycles. The molecule has 3 aromatic rings. The van der Waals surface area contributed by atoms with Crippen molar-refractivity contribution in [2.45, 2.75) is 24.2 Å². The van der Waals surface area contributed by atoms with Gasteiger partial charge in [-0.1, -0.05) is 34.1 Å². The third-order valence-corrected chi connectivity index (χ3v) is 8.00. The molecular formula is C22H24BrN3O3S. The van der Waals surface area contributed by atoms with Crippen LogP contribution in [0.3, 0.4) is 0 Å². The maximum atomic E-state index is 12.8. The number of nitrogens with one attached hydrogen (secondary N) is 1. The van der Waals surface area contributed by atoms with Crippen molar-refractivity contribution in [3.05, 3.63) is 64.8 Å². The highest BCUT2D eigenvalue weighted by Gasteiger charge is 2.29. The molecule has 0 spiro atoms. The van der Waals surface area contributed by atoms with Gasteiger partial charge in [0.2, 0.25) is 15.9 Å². The SMILES string of the molecule is O=C(CCCc1c[nH]c2ccccc12)N1CCN(S(=O)(=O)c2ccc(Br)cc2)CC1. The van der Waals surface area contributed by atoms with E-state index >= 15 is 0 Å². The van der Waals surface area contributed by atoms with Crippen LogP contribution in [-0.2, 0) is 21.2 Å². The lowest BCUT2D eigenvalue weighted by atomic mass is 10.1. The van der Waals surface area contributed by atoms with E-state index in [4.69, 9.17) is 0 Å². The van der Waals surface area contributed by atoms with Gasteiger partial charge in [0.25, 0.3) is 0 Å². The number of carbonyl (C=O) groups excluding carboxylic acids is 1. The zero-order valence-electron chi connectivity index (χ0n) is 16.6. The zero-order valence-corrected chi connectivity index (χ0v) is 19.0. The standard InChI is InChI=1S/C22H24BrN3O3S/c23-18-8-10-19(11-9-18)30(28,29)26-14-12-25(13-15-26)22(27)7-3-4-17-16-24-21-6-2-1-5-20(17)21/h1-2,5-6,8-11,16,24H,3-4,7,12-15H2. The molecule has 1 N–H and O–H groups in total. The first kappa shape index (κ1) is 21.1. The summed E-state index contributed by atoms with van der Waals surface area (Å²) in [4.78, 5) is 17.9. The Balaban J connectivity index is 1.28. The van der Waals surface area contributed by atoms with Gasteiger partial charge in [0, 0.05) is 54.2 Å². The fraction of sp³-hybridized carbons (Fsp3) is 0.318. The average molecular weight is 490 g/mol. The molecule has 0 atom stereocenters. The van der Waals surface area contributed by atoms with Gasteiger partial charge in [-0.25, -0.2) is 8.42 Å². The highest BCUT2D eigenvalue weighted by molar-refractivity contribution is 9.10. The molecule has 0 radical (unpaired) electrons. The number of carbonyl (C=O) groups is 1. The highest BCUT2D eigenvalue weighted by atomic mass is 79.9. The van der Waals surface area contributed by atoms with Crippen molar-refractivity contribution in [1.29, 1.82) is 0 Å². The van der Waals surface area contributed by atoms with E-state index in [2.05, 4.69) is 27.0 Å². The Kier molecular flexibility index (Phi) is 6.26. The van der Waals surface area contributed by atoms with Crippen molar-refractivity contribution >= 4 is 42.8 Å². The van der Waals surface area contributed by atoms with E-state index in [1.807, 2.05) is 24.4 Å². The number of sulfonamides is 1. The Bertz CT molecular complexity index is 1130. The van der Waals surface area contributed by atoms with Crippen molar-refractivity contribution in [1.82, 2.24) is 14.2 Å². The van der Waals surface area contributed by atoms with E-state index in [0.717, 1.165) is 22.8 Å². The fourth-order valence-electron chi connectivity index (χ4n) is 3.86. The van der Waals surface area contributed by atoms with Crippen LogP contribution in [0.5, 0.6) is 0 Å². The van der Waals surface area contributed by atoms with Gasteiger partial charge < -0.3 is 9.88 Å². The Morgan fingerprint density at radius 1 is 1.00 bits per heavy atom. The molecule has 1 fully saturated rings. The van der Waals surface area contributed by atoms with Gasteiger partial charge in [0.1, 0.15) is 0 Å². The molecule has 0 bridgehead atoms. The van der Waals surface area contributed by atoms with Crippen LogP contribution < -0.4 is 0 Å². The first-order valence-corrected chi connectivity index (χ1v) is 12.3. The zero-order chi connectivity index (χ0) is 21.1. The molecule has 6 nitrogen and oxygen atoms in total. The molecule has 158 valence electrons. The fourth-order valence-corrected chi connectivity index (χ4v) is 5.55. The number of aromatic nitrogens is 1. The Labute approximate surface area is 185 Å². The Hall–Kier alpha value is -2.16. The summed E-state index contributed by atoms with van der Waals surface area (Å²) in [6.45, 7) is 1.52. The monoisotopic (exact) mass is 489 g/mol. The number of aromatic amines is 1. The van der Waals surface area contributed by atoms with Gasteiger partial charge >= 0.3 is 0 Å². The van der Waals surface area contributed by atoms with Crippen LogP contribution >= 0.6 is 15.9 Å². The molecular weight excluding hydrogens is 466 g/mol. The summed E-state index contributed by atoms with van der Waals surface area (Å²) < 4.78 is 27.9. The van der Waals surface area contributed by atoms with E-state index < -0.39 is 10.0 Å². The maximum absolute atomic E-state index is 12.8. The second-order valence-electron chi connectivity index (χ2n) is 7.45. The van der Waals surface area contributed by atoms with Crippen LogP contribution in [0.25, 0.3) is 10.9 Å². The maximum Gasteiger partial charge on any atom is 0.243 e. The van der Waals surface area contributed by atoms with Gasteiger partial charge in [0.05, 0.1) is 4.90 Å². The Morgan fingerprint density at radius 3 is 2.43 bits per heavy atom. The number of benzene rings is 2. The number of piperazine rings is 1. The van der Waals surface area contributed by atoms with Crippen LogP contribution in [0.4, 0.5) is 0 Å². The van der Waals surface area contributed by atoms with Crippen molar-refractivity contribution < 1.29 is 13.2 Å². The molecule has 0 saturated carbocycles. The summed E-state index contributed by atoms with van der Waals surface area (Å²) >= 11 is 3.32. The molecule has 2 aromatic carbocycles. The van der Waals surface area contributed by atoms with E-state index in [1.54, 1.807) is 29.2 Å². The number of rotatable bonds is 6. The summed E-state index contributed by atoms with van der Waals surface area (Å²) in [6.07, 6.45) is 4.10. The first-order chi connectivity index (χ1) is 14.4. The first-order valence-electron chi connectivity index (χ1n) is 10.0. The van der Waals surface area contributed by atoms with Crippen LogP contribution in [-0.4, -0.2) is 54.7 Å². The van der Waals surface area contributed by atoms with Crippen molar-refractivity contribution in [2.24, 2.45) is 0 Å². The molecule has 30 heavy (non-hydrogen) atoms. The average Bonchev–Trinajstić information content (AvgIpc) is 3.17. The van der Waals surface area contributed by atoms with Gasteiger partial charge in [-0.05, 0) is 48.7 Å². The van der Waals surface area contributed by atoms with E-state index in [-0.39, 0.29) is 10.8 Å². The van der Waals surface area contributed by atoms with Crippen LogP contribution in [0.2, 0.25) is 0 Å². The lowest BCUT2D eigenvalue weighted by Crippen LogP contribution is -2.50. The third kappa shape index (κ3) is 4.45. The number of nitrogens with zero attached hydrogens (tertiary/aromatic N) is 2. The number of H-pyrrole nitrogens is 1. The van der Waals surface area contributed by atoms with Crippen LogP contribution in [0, 0.1) is 0 Å².